The van der Waals surface area contributed by atoms with Crippen LogP contribution in [0.3, 0.4) is 0 Å². The van der Waals surface area contributed by atoms with Crippen molar-refractivity contribution in [1.29, 1.82) is 0 Å². The van der Waals surface area contributed by atoms with Gasteiger partial charge in [0.2, 0.25) is 0 Å². The largest absolute Gasteiger partial charge is 0.478 e. The Morgan fingerprint density at radius 2 is 2.07 bits per heavy atom. The van der Waals surface area contributed by atoms with Crippen molar-refractivity contribution in [1.82, 2.24) is 15.0 Å². The minimum Gasteiger partial charge on any atom is -0.478 e. The number of rotatable bonds is 2. The van der Waals surface area contributed by atoms with Crippen LogP contribution in [0.5, 0.6) is 0 Å². The van der Waals surface area contributed by atoms with E-state index in [-0.39, 0.29) is 5.56 Å². The molecular weight excluding hydrogens is 214 g/mol. The zero-order chi connectivity index (χ0) is 10.8. The third-order valence-corrected chi connectivity index (χ3v) is 2.67. The Kier molecular flexibility index (Phi) is 2.42. The number of hydrogen-bond donors (Lipinski definition) is 1. The van der Waals surface area contributed by atoms with Gasteiger partial charge in [0, 0.05) is 23.5 Å². The minimum absolute atomic E-state index is 0.0760. The van der Waals surface area contributed by atoms with Gasteiger partial charge >= 0.3 is 5.97 Å². The zero-order valence-electron chi connectivity index (χ0n) is 7.84. The molecule has 0 radical (unpaired) electrons. The fourth-order valence-electron chi connectivity index (χ4n) is 1.01. The molecule has 0 unspecified atom stereocenters. The van der Waals surface area contributed by atoms with E-state index in [0.717, 1.165) is 5.69 Å². The van der Waals surface area contributed by atoms with E-state index in [1.165, 1.54) is 23.7 Å². The van der Waals surface area contributed by atoms with Gasteiger partial charge in [0.15, 0.2) is 10.8 Å². The fourth-order valence-corrected chi connectivity index (χ4v) is 1.75. The maximum atomic E-state index is 10.6. The van der Waals surface area contributed by atoms with Gasteiger partial charge in [0.05, 0.1) is 5.56 Å². The summed E-state index contributed by atoms with van der Waals surface area (Å²) in [6.07, 6.45) is 2.56. The maximum absolute atomic E-state index is 10.6. The molecule has 0 saturated heterocycles. The smallest absolute Gasteiger partial charge is 0.338 e. The van der Waals surface area contributed by atoms with E-state index in [9.17, 15) is 4.79 Å². The van der Waals surface area contributed by atoms with Gasteiger partial charge in [-0.05, 0) is 6.92 Å². The van der Waals surface area contributed by atoms with E-state index >= 15 is 0 Å². The predicted molar refractivity (Wildman–Crippen MR) is 54.8 cm³/mol. The van der Waals surface area contributed by atoms with Crippen LogP contribution in [-0.4, -0.2) is 26.0 Å². The molecule has 5 nitrogen and oxygen atoms in total. The van der Waals surface area contributed by atoms with E-state index in [2.05, 4.69) is 15.0 Å². The standard InChI is InChI=1S/C9H7N3O2S/c1-5-4-15-8(12-5)7-10-2-6(3-11-7)9(13)14/h2-4H,1H3,(H,13,14). The van der Waals surface area contributed by atoms with Crippen molar-refractivity contribution in [2.75, 3.05) is 0 Å². The first-order chi connectivity index (χ1) is 7.16. The average Bonchev–Trinajstić information content (AvgIpc) is 2.65. The summed E-state index contributed by atoms with van der Waals surface area (Å²) in [5.74, 6) is -0.574. The highest BCUT2D eigenvalue weighted by atomic mass is 32.1. The Hall–Kier alpha value is -1.82. The molecule has 0 saturated carbocycles. The molecule has 0 atom stereocenters. The second kappa shape index (κ2) is 3.74. The van der Waals surface area contributed by atoms with Crippen LogP contribution in [0.25, 0.3) is 10.8 Å². The van der Waals surface area contributed by atoms with Gasteiger partial charge < -0.3 is 5.11 Å². The number of aromatic carboxylic acids is 1. The molecule has 0 aliphatic rings. The molecule has 76 valence electrons. The average molecular weight is 221 g/mol. The highest BCUT2D eigenvalue weighted by Gasteiger charge is 2.08. The lowest BCUT2D eigenvalue weighted by Gasteiger charge is -1.95. The molecule has 0 aliphatic carbocycles. The normalized spacial score (nSPS) is 10.2. The second-order valence-electron chi connectivity index (χ2n) is 2.89. The Morgan fingerprint density at radius 1 is 1.40 bits per heavy atom. The van der Waals surface area contributed by atoms with Crippen molar-refractivity contribution >= 4 is 17.3 Å². The third-order valence-electron chi connectivity index (χ3n) is 1.71. The van der Waals surface area contributed by atoms with Crippen LogP contribution >= 0.6 is 11.3 Å². The van der Waals surface area contributed by atoms with Crippen LogP contribution in [0.15, 0.2) is 17.8 Å². The maximum Gasteiger partial charge on any atom is 0.338 e. The third kappa shape index (κ3) is 1.99. The Balaban J connectivity index is 2.35. The molecule has 0 fully saturated rings. The summed E-state index contributed by atoms with van der Waals surface area (Å²) >= 11 is 1.43. The molecule has 0 bridgehead atoms. The van der Waals surface area contributed by atoms with Crippen molar-refractivity contribution in [3.8, 4) is 10.8 Å². The van der Waals surface area contributed by atoms with Crippen molar-refractivity contribution in [3.05, 3.63) is 29.0 Å². The Morgan fingerprint density at radius 3 is 2.53 bits per heavy atom. The molecule has 0 aromatic carbocycles. The summed E-state index contributed by atoms with van der Waals surface area (Å²) in [4.78, 5) is 22.6. The van der Waals surface area contributed by atoms with Crippen molar-refractivity contribution in [2.24, 2.45) is 0 Å². The molecule has 2 rings (SSSR count). The summed E-state index contributed by atoms with van der Waals surface area (Å²) in [6, 6.07) is 0. The van der Waals surface area contributed by atoms with E-state index < -0.39 is 5.97 Å². The fraction of sp³-hybridized carbons (Fsp3) is 0.111. The van der Waals surface area contributed by atoms with Crippen LogP contribution in [0.1, 0.15) is 16.1 Å². The Labute approximate surface area is 89.5 Å². The second-order valence-corrected chi connectivity index (χ2v) is 3.75. The van der Waals surface area contributed by atoms with Crippen LogP contribution in [-0.2, 0) is 0 Å². The summed E-state index contributed by atoms with van der Waals surface area (Å²) in [7, 11) is 0. The molecule has 2 aromatic rings. The molecule has 0 aliphatic heterocycles. The summed E-state index contributed by atoms with van der Waals surface area (Å²) in [6.45, 7) is 1.88. The van der Waals surface area contributed by atoms with Crippen LogP contribution in [0.4, 0.5) is 0 Å². The number of aromatic nitrogens is 3. The first-order valence-corrected chi connectivity index (χ1v) is 5.02. The van der Waals surface area contributed by atoms with Gasteiger partial charge in [-0.15, -0.1) is 11.3 Å². The zero-order valence-corrected chi connectivity index (χ0v) is 8.65. The number of thiazole rings is 1. The lowest BCUT2D eigenvalue weighted by molar-refractivity contribution is 0.0696. The lowest BCUT2D eigenvalue weighted by atomic mass is 10.3. The number of carbonyl (C=O) groups is 1. The SMILES string of the molecule is Cc1csc(-c2ncc(C(=O)O)cn2)n1. The predicted octanol–water partition coefficient (Wildman–Crippen LogP) is 1.61. The molecule has 6 heteroatoms. The molecule has 2 aromatic heterocycles. The summed E-state index contributed by atoms with van der Waals surface area (Å²) in [5.41, 5.74) is 0.980. The first kappa shape index (κ1) is 9.72. The lowest BCUT2D eigenvalue weighted by Crippen LogP contribution is -1.99. The van der Waals surface area contributed by atoms with Crippen molar-refractivity contribution < 1.29 is 9.90 Å². The van der Waals surface area contributed by atoms with Crippen LogP contribution < -0.4 is 0 Å². The molecule has 15 heavy (non-hydrogen) atoms. The number of nitrogens with zero attached hydrogens (tertiary/aromatic N) is 3. The van der Waals surface area contributed by atoms with Gasteiger partial charge in [-0.25, -0.2) is 19.7 Å². The van der Waals surface area contributed by atoms with Crippen LogP contribution in [0, 0.1) is 6.92 Å². The number of carboxylic acids is 1. The van der Waals surface area contributed by atoms with Gasteiger partial charge in [0.1, 0.15) is 0 Å². The van der Waals surface area contributed by atoms with E-state index in [1.807, 2.05) is 12.3 Å². The quantitative estimate of drug-likeness (QED) is 0.833. The van der Waals surface area contributed by atoms with Crippen LogP contribution in [0.2, 0.25) is 0 Å². The topological polar surface area (TPSA) is 76.0 Å². The molecular formula is C9H7N3O2S. The minimum atomic E-state index is -1.03. The highest BCUT2D eigenvalue weighted by Crippen LogP contribution is 2.19. The highest BCUT2D eigenvalue weighted by molar-refractivity contribution is 7.13. The molecule has 0 spiro atoms. The van der Waals surface area contributed by atoms with Gasteiger partial charge in [0.25, 0.3) is 0 Å². The van der Waals surface area contributed by atoms with E-state index in [1.54, 1.807) is 0 Å². The summed E-state index contributed by atoms with van der Waals surface area (Å²) in [5, 5.41) is 11.2. The van der Waals surface area contributed by atoms with Gasteiger partial charge in [-0.1, -0.05) is 0 Å². The van der Waals surface area contributed by atoms with Crippen molar-refractivity contribution in [3.63, 3.8) is 0 Å². The molecule has 2 heterocycles. The number of hydrogen-bond acceptors (Lipinski definition) is 5. The monoisotopic (exact) mass is 221 g/mol. The van der Waals surface area contributed by atoms with E-state index in [0.29, 0.717) is 10.8 Å². The van der Waals surface area contributed by atoms with Crippen molar-refractivity contribution in [2.45, 2.75) is 6.92 Å². The molecule has 1 N–H and O–H groups in total. The molecule has 0 amide bonds. The number of aryl methyl sites for hydroxylation is 1. The number of carboxylic acid groups (broad SMARTS) is 1. The summed E-state index contributed by atoms with van der Waals surface area (Å²) < 4.78 is 0. The van der Waals surface area contributed by atoms with Gasteiger partial charge in [-0.2, -0.15) is 0 Å². The Bertz CT molecular complexity index is 492. The first-order valence-electron chi connectivity index (χ1n) is 4.14. The van der Waals surface area contributed by atoms with E-state index in [4.69, 9.17) is 5.11 Å². The van der Waals surface area contributed by atoms with Gasteiger partial charge in [-0.3, -0.25) is 0 Å².